The van der Waals surface area contributed by atoms with Gasteiger partial charge in [0.15, 0.2) is 22.1 Å². The van der Waals surface area contributed by atoms with E-state index in [9.17, 15) is 20.1 Å². The van der Waals surface area contributed by atoms with Crippen LogP contribution in [-0.4, -0.2) is 82.5 Å². The predicted molar refractivity (Wildman–Crippen MR) is 106 cm³/mol. The third kappa shape index (κ3) is 4.60. The van der Waals surface area contributed by atoms with Crippen molar-refractivity contribution in [1.29, 1.82) is 0 Å². The van der Waals surface area contributed by atoms with E-state index in [1.54, 1.807) is 0 Å². The van der Waals surface area contributed by atoms with Crippen LogP contribution in [0.15, 0.2) is 5.16 Å². The van der Waals surface area contributed by atoms with Crippen LogP contribution in [0, 0.1) is 5.92 Å². The summed E-state index contributed by atoms with van der Waals surface area (Å²) in [4.78, 5) is 20.4. The molecular formula is C17H26N6O5S. The lowest BCUT2D eigenvalue weighted by Gasteiger charge is -2.16. The van der Waals surface area contributed by atoms with Crippen LogP contribution < -0.4 is 5.32 Å². The molecule has 0 amide bonds. The molecule has 12 heteroatoms. The first kappa shape index (κ1) is 21.7. The Morgan fingerprint density at radius 3 is 2.72 bits per heavy atom. The van der Waals surface area contributed by atoms with Crippen LogP contribution in [0.2, 0.25) is 0 Å². The number of aliphatic carboxylic acids is 1. The van der Waals surface area contributed by atoms with E-state index in [0.717, 1.165) is 18.6 Å². The number of hydrogen-bond acceptors (Lipinski definition) is 10. The second-order valence-electron chi connectivity index (χ2n) is 7.00. The number of nitrogens with one attached hydrogen (secondary N) is 1. The minimum atomic E-state index is -1.39. The molecular weight excluding hydrogens is 400 g/mol. The van der Waals surface area contributed by atoms with Crippen molar-refractivity contribution in [3.63, 3.8) is 0 Å². The number of aromatic nitrogens is 5. The van der Waals surface area contributed by atoms with Crippen molar-refractivity contribution in [3.05, 3.63) is 0 Å². The molecule has 0 aliphatic heterocycles. The molecule has 29 heavy (non-hydrogen) atoms. The highest BCUT2D eigenvalue weighted by Crippen LogP contribution is 2.37. The molecule has 3 unspecified atom stereocenters. The van der Waals surface area contributed by atoms with Crippen LogP contribution in [0.4, 0.5) is 5.82 Å². The molecule has 0 bridgehead atoms. The zero-order chi connectivity index (χ0) is 21.0. The van der Waals surface area contributed by atoms with Crippen molar-refractivity contribution in [2.75, 3.05) is 24.2 Å². The Morgan fingerprint density at radius 2 is 2.07 bits per heavy atom. The maximum absolute atomic E-state index is 11.4. The number of rotatable bonds is 10. The number of carboxylic acids is 1. The number of thioether (sulfide) groups is 1. The monoisotopic (exact) mass is 426 g/mol. The fourth-order valence-electron chi connectivity index (χ4n) is 3.35. The van der Waals surface area contributed by atoms with E-state index in [-0.39, 0.29) is 13.0 Å². The number of aliphatic hydroxyl groups is 3. The molecule has 11 nitrogen and oxygen atoms in total. The third-order valence-corrected chi connectivity index (χ3v) is 5.95. The van der Waals surface area contributed by atoms with Crippen molar-refractivity contribution in [3.8, 4) is 0 Å². The maximum Gasteiger partial charge on any atom is 0.309 e. The molecule has 1 saturated carbocycles. The summed E-state index contributed by atoms with van der Waals surface area (Å²) in [6.45, 7) is 2.75. The number of carbonyl (C=O) groups is 1. The van der Waals surface area contributed by atoms with Gasteiger partial charge in [0, 0.05) is 18.9 Å². The first-order valence-corrected chi connectivity index (χ1v) is 10.7. The van der Waals surface area contributed by atoms with E-state index in [2.05, 4.69) is 25.6 Å². The molecule has 1 fully saturated rings. The van der Waals surface area contributed by atoms with Gasteiger partial charge in [-0.15, -0.1) is 5.10 Å². The lowest BCUT2D eigenvalue weighted by atomic mass is 10.1. The number of carboxylic acid groups (broad SMARTS) is 1. The molecule has 0 spiro atoms. The Kier molecular flexibility index (Phi) is 7.22. The molecule has 5 N–H and O–H groups in total. The number of aliphatic hydroxyl groups excluding tert-OH is 3. The predicted octanol–water partition coefficient (Wildman–Crippen LogP) is 0.275. The fourth-order valence-corrected chi connectivity index (χ4v) is 4.05. The SMILES string of the molecule is CCCSc1nc(NCCCCO)c2nnn(C3C[C@H](C(=O)O)C(O)C3O)c2n1. The number of anilines is 1. The van der Waals surface area contributed by atoms with Crippen molar-refractivity contribution in [2.45, 2.75) is 56.0 Å². The molecule has 0 saturated heterocycles. The van der Waals surface area contributed by atoms with Gasteiger partial charge in [0.05, 0.1) is 18.1 Å². The molecule has 160 valence electrons. The van der Waals surface area contributed by atoms with Gasteiger partial charge < -0.3 is 25.7 Å². The number of nitrogens with zero attached hydrogens (tertiary/aromatic N) is 5. The van der Waals surface area contributed by atoms with Gasteiger partial charge in [-0.3, -0.25) is 4.79 Å². The van der Waals surface area contributed by atoms with Gasteiger partial charge in [-0.2, -0.15) is 0 Å². The Labute approximate surface area is 171 Å². The van der Waals surface area contributed by atoms with Gasteiger partial charge in [0.2, 0.25) is 0 Å². The zero-order valence-corrected chi connectivity index (χ0v) is 16.9. The van der Waals surface area contributed by atoms with Crippen molar-refractivity contribution in [2.24, 2.45) is 5.92 Å². The second-order valence-corrected chi connectivity index (χ2v) is 8.06. The van der Waals surface area contributed by atoms with Crippen molar-refractivity contribution in [1.82, 2.24) is 25.0 Å². The van der Waals surface area contributed by atoms with Crippen molar-refractivity contribution >= 4 is 34.7 Å². The van der Waals surface area contributed by atoms with E-state index in [1.165, 1.54) is 16.4 Å². The summed E-state index contributed by atoms with van der Waals surface area (Å²) in [5, 5.41) is 50.7. The van der Waals surface area contributed by atoms with E-state index < -0.39 is 30.1 Å². The van der Waals surface area contributed by atoms with E-state index in [1.807, 2.05) is 6.92 Å². The van der Waals surface area contributed by atoms with Gasteiger partial charge in [0.1, 0.15) is 6.10 Å². The topological polar surface area (TPSA) is 167 Å². The first-order valence-electron chi connectivity index (χ1n) is 9.67. The summed E-state index contributed by atoms with van der Waals surface area (Å²) in [6.07, 6.45) is -0.296. The molecule has 2 heterocycles. The van der Waals surface area contributed by atoms with E-state index in [0.29, 0.717) is 35.1 Å². The second kappa shape index (κ2) is 9.65. The molecule has 4 atom stereocenters. The number of unbranched alkanes of at least 4 members (excludes halogenated alkanes) is 1. The van der Waals surface area contributed by atoms with Crippen molar-refractivity contribution < 1.29 is 25.2 Å². The Hall–Kier alpha value is -2.02. The van der Waals surface area contributed by atoms with Crippen LogP contribution in [0.25, 0.3) is 11.2 Å². The Balaban J connectivity index is 1.95. The molecule has 1 aliphatic rings. The molecule has 2 aromatic rings. The fraction of sp³-hybridized carbons (Fsp3) is 0.706. The molecule has 0 aromatic carbocycles. The van der Waals surface area contributed by atoms with Gasteiger partial charge in [0.25, 0.3) is 0 Å². The minimum Gasteiger partial charge on any atom is -0.481 e. The Bertz CT molecular complexity index is 849. The zero-order valence-electron chi connectivity index (χ0n) is 16.1. The minimum absolute atomic E-state index is 0.0246. The molecule has 3 rings (SSSR count). The summed E-state index contributed by atoms with van der Waals surface area (Å²) >= 11 is 1.48. The standard InChI is InChI=1S/C17H26N6O5S/c1-2-7-29-17-19-14(18-5-3-4-6-24)11-15(20-17)23(22-21-11)10-8-9(16(27)28)12(25)13(10)26/h9-10,12-13,24-26H,2-8H2,1H3,(H,27,28)(H,18,19,20)/t9-,10?,12?,13?/m0/s1. The first-order chi connectivity index (χ1) is 14.0. The Morgan fingerprint density at radius 1 is 1.28 bits per heavy atom. The lowest BCUT2D eigenvalue weighted by molar-refractivity contribution is -0.145. The summed E-state index contributed by atoms with van der Waals surface area (Å²) in [6, 6.07) is -0.753. The van der Waals surface area contributed by atoms with E-state index in [4.69, 9.17) is 5.11 Å². The number of hydrogen-bond donors (Lipinski definition) is 5. The summed E-state index contributed by atoms with van der Waals surface area (Å²) < 4.78 is 1.39. The maximum atomic E-state index is 11.4. The van der Waals surface area contributed by atoms with Gasteiger partial charge in [-0.05, 0) is 25.7 Å². The molecule has 1 aliphatic carbocycles. The van der Waals surface area contributed by atoms with Crippen LogP contribution in [0.5, 0.6) is 0 Å². The lowest BCUT2D eigenvalue weighted by Crippen LogP contribution is -2.32. The third-order valence-electron chi connectivity index (χ3n) is 4.90. The quantitative estimate of drug-likeness (QED) is 0.201. The van der Waals surface area contributed by atoms with Crippen LogP contribution >= 0.6 is 11.8 Å². The van der Waals surface area contributed by atoms with Crippen LogP contribution in [0.3, 0.4) is 0 Å². The normalized spacial score (nSPS) is 24.3. The van der Waals surface area contributed by atoms with E-state index >= 15 is 0 Å². The average molecular weight is 426 g/mol. The highest BCUT2D eigenvalue weighted by Gasteiger charge is 2.47. The summed E-state index contributed by atoms with van der Waals surface area (Å²) in [5.74, 6) is -0.923. The van der Waals surface area contributed by atoms with Gasteiger partial charge in [-0.1, -0.05) is 23.9 Å². The highest BCUT2D eigenvalue weighted by molar-refractivity contribution is 7.99. The van der Waals surface area contributed by atoms with Gasteiger partial charge >= 0.3 is 5.97 Å². The number of fused-ring (bicyclic) bond motifs is 1. The van der Waals surface area contributed by atoms with Gasteiger partial charge in [-0.25, -0.2) is 14.6 Å². The smallest absolute Gasteiger partial charge is 0.309 e. The molecule has 0 radical (unpaired) electrons. The summed E-state index contributed by atoms with van der Waals surface area (Å²) in [7, 11) is 0. The largest absolute Gasteiger partial charge is 0.481 e. The summed E-state index contributed by atoms with van der Waals surface area (Å²) in [5.41, 5.74) is 0.792. The molecule has 2 aromatic heterocycles. The highest BCUT2D eigenvalue weighted by atomic mass is 32.2. The van der Waals surface area contributed by atoms with Crippen LogP contribution in [0.1, 0.15) is 38.6 Å². The average Bonchev–Trinajstić information content (AvgIpc) is 3.25. The van der Waals surface area contributed by atoms with Crippen LogP contribution in [-0.2, 0) is 4.79 Å².